The van der Waals surface area contributed by atoms with E-state index in [-0.39, 0.29) is 0 Å². The largest absolute Gasteiger partial charge is 0.373 e. The lowest BCUT2D eigenvalue weighted by molar-refractivity contribution is 0.529. The Morgan fingerprint density at radius 3 is 2.84 bits per heavy atom. The van der Waals surface area contributed by atoms with E-state index in [1.54, 1.807) is 0 Å². The van der Waals surface area contributed by atoms with Gasteiger partial charge in [0.25, 0.3) is 0 Å². The molecule has 0 spiro atoms. The zero-order chi connectivity index (χ0) is 13.8. The molecule has 1 aromatic rings. The first-order valence-corrected chi connectivity index (χ1v) is 7.45. The van der Waals surface area contributed by atoms with Gasteiger partial charge < -0.3 is 10.2 Å². The number of anilines is 2. The molecule has 2 heterocycles. The molecular formula is C15H26N4. The third-order valence-electron chi connectivity index (χ3n) is 3.81. The summed E-state index contributed by atoms with van der Waals surface area (Å²) in [7, 11) is 1.92. The van der Waals surface area contributed by atoms with Crippen molar-refractivity contribution in [1.82, 2.24) is 9.97 Å². The third-order valence-corrected chi connectivity index (χ3v) is 3.81. The maximum Gasteiger partial charge on any atom is 0.135 e. The van der Waals surface area contributed by atoms with E-state index in [4.69, 9.17) is 4.98 Å². The predicted octanol–water partition coefficient (Wildman–Crippen LogP) is 3.27. The summed E-state index contributed by atoms with van der Waals surface area (Å²) in [5, 5.41) is 3.14. The predicted molar refractivity (Wildman–Crippen MR) is 80.9 cm³/mol. The van der Waals surface area contributed by atoms with Crippen LogP contribution < -0.4 is 10.2 Å². The highest BCUT2D eigenvalue weighted by Crippen LogP contribution is 2.27. The third kappa shape index (κ3) is 3.37. The van der Waals surface area contributed by atoms with E-state index in [1.807, 2.05) is 7.05 Å². The summed E-state index contributed by atoms with van der Waals surface area (Å²) in [4.78, 5) is 11.7. The van der Waals surface area contributed by atoms with Crippen molar-refractivity contribution in [3.63, 3.8) is 0 Å². The molecule has 1 unspecified atom stereocenters. The van der Waals surface area contributed by atoms with Crippen LogP contribution in [0, 0.1) is 5.92 Å². The number of hydrogen-bond acceptors (Lipinski definition) is 4. The van der Waals surface area contributed by atoms with E-state index in [2.05, 4.69) is 42.0 Å². The van der Waals surface area contributed by atoms with Gasteiger partial charge in [-0.3, -0.25) is 0 Å². The van der Waals surface area contributed by atoms with Crippen LogP contribution in [0.25, 0.3) is 0 Å². The van der Waals surface area contributed by atoms with Gasteiger partial charge in [0.2, 0.25) is 0 Å². The number of nitrogens with one attached hydrogen (secondary N) is 1. The summed E-state index contributed by atoms with van der Waals surface area (Å²) in [5.74, 6) is 4.14. The van der Waals surface area contributed by atoms with Crippen molar-refractivity contribution in [1.29, 1.82) is 0 Å². The van der Waals surface area contributed by atoms with Crippen LogP contribution in [0.2, 0.25) is 0 Å². The summed E-state index contributed by atoms with van der Waals surface area (Å²) >= 11 is 0. The maximum absolute atomic E-state index is 4.73. The van der Waals surface area contributed by atoms with Gasteiger partial charge in [0.05, 0.1) is 0 Å². The molecular weight excluding hydrogens is 236 g/mol. The van der Waals surface area contributed by atoms with Gasteiger partial charge in [-0.15, -0.1) is 0 Å². The van der Waals surface area contributed by atoms with Crippen molar-refractivity contribution in [3.8, 4) is 0 Å². The molecule has 2 rings (SSSR count). The molecule has 0 aromatic carbocycles. The molecule has 0 saturated carbocycles. The average molecular weight is 262 g/mol. The average Bonchev–Trinajstić information content (AvgIpc) is 2.87. The summed E-state index contributed by atoms with van der Waals surface area (Å²) in [6.07, 6.45) is 3.91. The summed E-state index contributed by atoms with van der Waals surface area (Å²) in [6.45, 7) is 8.82. The van der Waals surface area contributed by atoms with Crippen LogP contribution in [0.15, 0.2) is 6.07 Å². The smallest absolute Gasteiger partial charge is 0.135 e. The molecule has 1 aliphatic rings. The second-order valence-corrected chi connectivity index (χ2v) is 5.76. The van der Waals surface area contributed by atoms with Crippen LogP contribution in [0.5, 0.6) is 0 Å². The lowest BCUT2D eigenvalue weighted by atomic mass is 10.0. The van der Waals surface area contributed by atoms with E-state index in [9.17, 15) is 0 Å². The lowest BCUT2D eigenvalue weighted by Gasteiger charge is -2.19. The highest BCUT2D eigenvalue weighted by molar-refractivity contribution is 5.50. The molecule has 1 atom stereocenters. The van der Waals surface area contributed by atoms with Crippen LogP contribution >= 0.6 is 0 Å². The quantitative estimate of drug-likeness (QED) is 0.884. The minimum atomic E-state index is 0.362. The Labute approximate surface area is 116 Å². The monoisotopic (exact) mass is 262 g/mol. The molecule has 1 aliphatic heterocycles. The molecule has 0 aliphatic carbocycles. The summed E-state index contributed by atoms with van der Waals surface area (Å²) in [6, 6.07) is 2.07. The molecule has 4 nitrogen and oxygen atoms in total. The first-order chi connectivity index (χ1) is 9.13. The number of hydrogen-bond donors (Lipinski definition) is 1. The highest BCUT2D eigenvalue weighted by Gasteiger charge is 2.23. The van der Waals surface area contributed by atoms with Crippen molar-refractivity contribution >= 4 is 11.6 Å². The van der Waals surface area contributed by atoms with Gasteiger partial charge in [0, 0.05) is 32.1 Å². The second-order valence-electron chi connectivity index (χ2n) is 5.76. The van der Waals surface area contributed by atoms with Gasteiger partial charge >= 0.3 is 0 Å². The Morgan fingerprint density at radius 1 is 1.42 bits per heavy atom. The van der Waals surface area contributed by atoms with Crippen LogP contribution in [-0.2, 0) is 0 Å². The first kappa shape index (κ1) is 14.1. The number of aromatic nitrogens is 2. The minimum absolute atomic E-state index is 0.362. The van der Waals surface area contributed by atoms with Gasteiger partial charge in [-0.2, -0.15) is 0 Å². The zero-order valence-electron chi connectivity index (χ0n) is 12.6. The summed E-state index contributed by atoms with van der Waals surface area (Å²) in [5.41, 5.74) is 0. The Balaban J connectivity index is 2.17. The normalized spacial score (nSPS) is 19.2. The maximum atomic E-state index is 4.73. The fraction of sp³-hybridized carbons (Fsp3) is 0.733. The SMILES string of the molecule is CCCC1CCN(c2cc(NC)nc(C(C)C)n2)C1. The molecule has 0 radical (unpaired) electrons. The fourth-order valence-electron chi connectivity index (χ4n) is 2.69. The Hall–Kier alpha value is -1.32. The van der Waals surface area contributed by atoms with Crippen LogP contribution in [0.4, 0.5) is 11.6 Å². The lowest BCUT2D eigenvalue weighted by Crippen LogP contribution is -2.22. The molecule has 1 aromatic heterocycles. The molecule has 106 valence electrons. The second kappa shape index (κ2) is 6.22. The molecule has 0 bridgehead atoms. The molecule has 1 fully saturated rings. The van der Waals surface area contributed by atoms with E-state index < -0.39 is 0 Å². The van der Waals surface area contributed by atoms with Crippen LogP contribution in [0.1, 0.15) is 51.8 Å². The van der Waals surface area contributed by atoms with Gasteiger partial charge in [-0.25, -0.2) is 9.97 Å². The molecule has 1 saturated heterocycles. The number of nitrogens with zero attached hydrogens (tertiary/aromatic N) is 3. The standard InChI is InChI=1S/C15H26N4/c1-5-6-12-7-8-19(10-12)14-9-13(16-4)17-15(18-14)11(2)3/h9,11-12H,5-8,10H2,1-4H3,(H,16,17,18). The fourth-order valence-corrected chi connectivity index (χ4v) is 2.69. The van der Waals surface area contributed by atoms with E-state index >= 15 is 0 Å². The van der Waals surface area contributed by atoms with E-state index in [0.29, 0.717) is 5.92 Å². The van der Waals surface area contributed by atoms with Crippen molar-refractivity contribution in [2.24, 2.45) is 5.92 Å². The minimum Gasteiger partial charge on any atom is -0.373 e. The highest BCUT2D eigenvalue weighted by atomic mass is 15.2. The van der Waals surface area contributed by atoms with Crippen molar-refractivity contribution in [2.75, 3.05) is 30.4 Å². The zero-order valence-corrected chi connectivity index (χ0v) is 12.6. The van der Waals surface area contributed by atoms with Crippen molar-refractivity contribution in [3.05, 3.63) is 11.9 Å². The van der Waals surface area contributed by atoms with Gasteiger partial charge in [0.15, 0.2) is 0 Å². The summed E-state index contributed by atoms with van der Waals surface area (Å²) < 4.78 is 0. The van der Waals surface area contributed by atoms with E-state index in [1.165, 1.54) is 19.3 Å². The Kier molecular flexibility index (Phi) is 4.61. The first-order valence-electron chi connectivity index (χ1n) is 7.45. The van der Waals surface area contributed by atoms with E-state index in [0.717, 1.165) is 36.5 Å². The van der Waals surface area contributed by atoms with Gasteiger partial charge in [-0.05, 0) is 18.8 Å². The van der Waals surface area contributed by atoms with Gasteiger partial charge in [0.1, 0.15) is 17.5 Å². The topological polar surface area (TPSA) is 41.0 Å². The van der Waals surface area contributed by atoms with Crippen molar-refractivity contribution in [2.45, 2.75) is 46.0 Å². The van der Waals surface area contributed by atoms with Gasteiger partial charge in [-0.1, -0.05) is 27.2 Å². The van der Waals surface area contributed by atoms with Crippen LogP contribution in [-0.4, -0.2) is 30.1 Å². The number of rotatable bonds is 5. The molecule has 4 heteroatoms. The van der Waals surface area contributed by atoms with Crippen LogP contribution in [0.3, 0.4) is 0 Å². The Bertz CT molecular complexity index is 417. The molecule has 0 amide bonds. The molecule has 19 heavy (non-hydrogen) atoms. The Morgan fingerprint density at radius 2 is 2.21 bits per heavy atom. The molecule has 1 N–H and O–H groups in total. The van der Waals surface area contributed by atoms with Crippen molar-refractivity contribution < 1.29 is 0 Å².